The van der Waals surface area contributed by atoms with E-state index in [1.54, 1.807) is 6.33 Å². The van der Waals surface area contributed by atoms with Gasteiger partial charge in [-0.3, -0.25) is 0 Å². The smallest absolute Gasteiger partial charge is 0.141 e. The van der Waals surface area contributed by atoms with E-state index in [1.807, 2.05) is 30.5 Å². The van der Waals surface area contributed by atoms with E-state index >= 15 is 0 Å². The maximum absolute atomic E-state index is 4.60. The number of piperazine rings is 1. The zero-order valence-electron chi connectivity index (χ0n) is 14.0. The Kier molecular flexibility index (Phi) is 4.50. The Morgan fingerprint density at radius 1 is 1.04 bits per heavy atom. The van der Waals surface area contributed by atoms with Crippen LogP contribution in [0.1, 0.15) is 0 Å². The molecule has 1 saturated heterocycles. The summed E-state index contributed by atoms with van der Waals surface area (Å²) in [6.07, 6.45) is 3.40. The molecule has 0 saturated carbocycles. The highest BCUT2D eigenvalue weighted by Gasteiger charge is 2.16. The quantitative estimate of drug-likeness (QED) is 0.730. The fourth-order valence-electron chi connectivity index (χ4n) is 2.96. The molecule has 0 amide bonds. The highest BCUT2D eigenvalue weighted by Crippen LogP contribution is 2.27. The van der Waals surface area contributed by atoms with Crippen LogP contribution in [-0.2, 0) is 0 Å². The van der Waals surface area contributed by atoms with Crippen LogP contribution < -0.4 is 10.2 Å². The van der Waals surface area contributed by atoms with Crippen LogP contribution in [-0.4, -0.2) is 53.1 Å². The molecule has 25 heavy (non-hydrogen) atoms. The molecule has 1 aliphatic rings. The number of anilines is 3. The maximum Gasteiger partial charge on any atom is 0.141 e. The minimum atomic E-state index is 0.792. The van der Waals surface area contributed by atoms with Crippen molar-refractivity contribution in [1.82, 2.24) is 19.9 Å². The Bertz CT molecular complexity index is 892. The first kappa shape index (κ1) is 16.2. The van der Waals surface area contributed by atoms with Crippen LogP contribution in [0.4, 0.5) is 17.3 Å². The lowest BCUT2D eigenvalue weighted by Crippen LogP contribution is -2.44. The van der Waals surface area contributed by atoms with Crippen LogP contribution >= 0.6 is 15.9 Å². The molecule has 0 unspecified atom stereocenters. The third-order valence-electron chi connectivity index (χ3n) is 4.42. The molecule has 6 nitrogen and oxygen atoms in total. The standard InChI is InChI=1S/C18H19BrN6/c1-24-5-7-25(8-6-24)17-10-15-16(11-20-17)21-12-22-18(15)23-14-4-2-3-13(19)9-14/h2-4,9-12H,5-8H2,1H3,(H,21,22,23). The Morgan fingerprint density at radius 3 is 2.68 bits per heavy atom. The first-order valence-electron chi connectivity index (χ1n) is 8.26. The number of likely N-dealkylation sites (N-methyl/N-ethyl adjacent to an activating group) is 1. The topological polar surface area (TPSA) is 57.2 Å². The molecule has 0 atom stereocenters. The summed E-state index contributed by atoms with van der Waals surface area (Å²) in [4.78, 5) is 18.0. The summed E-state index contributed by atoms with van der Waals surface area (Å²) < 4.78 is 1.02. The summed E-state index contributed by atoms with van der Waals surface area (Å²) >= 11 is 3.50. The lowest BCUT2D eigenvalue weighted by atomic mass is 10.2. The van der Waals surface area contributed by atoms with Gasteiger partial charge in [0.1, 0.15) is 18.0 Å². The van der Waals surface area contributed by atoms with Crippen LogP contribution in [0.3, 0.4) is 0 Å². The van der Waals surface area contributed by atoms with E-state index < -0.39 is 0 Å². The average Bonchev–Trinajstić information content (AvgIpc) is 2.62. The molecule has 0 aliphatic carbocycles. The molecule has 1 aliphatic heterocycles. The van der Waals surface area contributed by atoms with Gasteiger partial charge >= 0.3 is 0 Å². The van der Waals surface area contributed by atoms with Crippen molar-refractivity contribution >= 4 is 44.2 Å². The number of aromatic nitrogens is 3. The summed E-state index contributed by atoms with van der Waals surface area (Å²) in [6.45, 7) is 4.07. The van der Waals surface area contributed by atoms with E-state index in [1.165, 1.54) is 0 Å². The fourth-order valence-corrected chi connectivity index (χ4v) is 3.36. The molecule has 1 aromatic carbocycles. The van der Waals surface area contributed by atoms with Gasteiger partial charge < -0.3 is 15.1 Å². The van der Waals surface area contributed by atoms with Gasteiger partial charge in [-0.2, -0.15) is 0 Å². The number of hydrogen-bond donors (Lipinski definition) is 1. The molecule has 128 valence electrons. The van der Waals surface area contributed by atoms with Crippen LogP contribution in [0.15, 0.2) is 47.3 Å². The molecule has 0 bridgehead atoms. The molecule has 1 fully saturated rings. The Hall–Kier alpha value is -2.25. The van der Waals surface area contributed by atoms with E-state index in [2.05, 4.69) is 59.1 Å². The molecule has 0 radical (unpaired) electrons. The number of fused-ring (bicyclic) bond motifs is 1. The SMILES string of the molecule is CN1CCN(c2cc3c(Nc4cccc(Br)c4)ncnc3cn2)CC1. The second kappa shape index (κ2) is 6.93. The average molecular weight is 399 g/mol. The lowest BCUT2D eigenvalue weighted by molar-refractivity contribution is 0.312. The van der Waals surface area contributed by atoms with Crippen LogP contribution in [0.2, 0.25) is 0 Å². The van der Waals surface area contributed by atoms with Crippen molar-refractivity contribution in [2.45, 2.75) is 0 Å². The van der Waals surface area contributed by atoms with Gasteiger partial charge in [-0.25, -0.2) is 15.0 Å². The zero-order valence-corrected chi connectivity index (χ0v) is 15.6. The molecule has 2 aromatic heterocycles. The highest BCUT2D eigenvalue weighted by atomic mass is 79.9. The van der Waals surface area contributed by atoms with Gasteiger partial charge in [0.25, 0.3) is 0 Å². The number of halogens is 1. The van der Waals surface area contributed by atoms with Crippen molar-refractivity contribution in [2.75, 3.05) is 43.4 Å². The van der Waals surface area contributed by atoms with Gasteiger partial charge in [0.15, 0.2) is 0 Å². The fraction of sp³-hybridized carbons (Fsp3) is 0.278. The Balaban J connectivity index is 1.68. The first-order chi connectivity index (χ1) is 12.2. The van der Waals surface area contributed by atoms with Gasteiger partial charge in [0.2, 0.25) is 0 Å². The monoisotopic (exact) mass is 398 g/mol. The molecule has 7 heteroatoms. The van der Waals surface area contributed by atoms with Crippen LogP contribution in [0, 0.1) is 0 Å². The van der Waals surface area contributed by atoms with E-state index in [4.69, 9.17) is 0 Å². The lowest BCUT2D eigenvalue weighted by Gasteiger charge is -2.33. The molecule has 3 aromatic rings. The minimum Gasteiger partial charge on any atom is -0.354 e. The number of pyridine rings is 1. The normalized spacial score (nSPS) is 15.5. The summed E-state index contributed by atoms with van der Waals surface area (Å²) in [5.74, 6) is 1.77. The van der Waals surface area contributed by atoms with Gasteiger partial charge in [-0.1, -0.05) is 22.0 Å². The van der Waals surface area contributed by atoms with E-state index in [0.29, 0.717) is 0 Å². The third kappa shape index (κ3) is 3.57. The van der Waals surface area contributed by atoms with Crippen molar-refractivity contribution in [3.63, 3.8) is 0 Å². The number of nitrogens with zero attached hydrogens (tertiary/aromatic N) is 5. The van der Waals surface area contributed by atoms with Crippen LogP contribution in [0.25, 0.3) is 10.9 Å². The minimum absolute atomic E-state index is 0.792. The number of benzene rings is 1. The number of hydrogen-bond acceptors (Lipinski definition) is 6. The predicted molar refractivity (Wildman–Crippen MR) is 104 cm³/mol. The van der Waals surface area contributed by atoms with E-state index in [-0.39, 0.29) is 0 Å². The maximum atomic E-state index is 4.60. The summed E-state index contributed by atoms with van der Waals surface area (Å²) in [7, 11) is 2.15. The van der Waals surface area contributed by atoms with Crippen molar-refractivity contribution in [1.29, 1.82) is 0 Å². The van der Waals surface area contributed by atoms with Gasteiger partial charge in [0, 0.05) is 41.7 Å². The summed E-state index contributed by atoms with van der Waals surface area (Å²) in [5.41, 5.74) is 1.82. The first-order valence-corrected chi connectivity index (χ1v) is 9.05. The van der Waals surface area contributed by atoms with E-state index in [0.717, 1.165) is 58.9 Å². The predicted octanol–water partition coefficient (Wildman–Crippen LogP) is 3.28. The number of nitrogens with one attached hydrogen (secondary N) is 1. The second-order valence-electron chi connectivity index (χ2n) is 6.21. The van der Waals surface area contributed by atoms with E-state index in [9.17, 15) is 0 Å². The van der Waals surface area contributed by atoms with Crippen molar-refractivity contribution in [2.24, 2.45) is 0 Å². The molecule has 4 rings (SSSR count). The van der Waals surface area contributed by atoms with Crippen LogP contribution in [0.5, 0.6) is 0 Å². The van der Waals surface area contributed by atoms with Crippen molar-refractivity contribution in [3.05, 3.63) is 47.3 Å². The summed E-state index contributed by atoms with van der Waals surface area (Å²) in [6, 6.07) is 10.1. The van der Waals surface area contributed by atoms with Gasteiger partial charge in [-0.15, -0.1) is 0 Å². The van der Waals surface area contributed by atoms with Crippen molar-refractivity contribution in [3.8, 4) is 0 Å². The number of rotatable bonds is 3. The molecule has 3 heterocycles. The molecule has 0 spiro atoms. The zero-order chi connectivity index (χ0) is 17.2. The van der Waals surface area contributed by atoms with Gasteiger partial charge in [-0.05, 0) is 31.3 Å². The van der Waals surface area contributed by atoms with Gasteiger partial charge in [0.05, 0.1) is 11.7 Å². The molecule has 1 N–H and O–H groups in total. The second-order valence-corrected chi connectivity index (χ2v) is 7.12. The van der Waals surface area contributed by atoms with Crippen molar-refractivity contribution < 1.29 is 0 Å². The Morgan fingerprint density at radius 2 is 1.88 bits per heavy atom. The third-order valence-corrected chi connectivity index (χ3v) is 4.92. The highest BCUT2D eigenvalue weighted by molar-refractivity contribution is 9.10. The molecular weight excluding hydrogens is 380 g/mol. The Labute approximate surface area is 155 Å². The molecular formula is C18H19BrN6. The summed E-state index contributed by atoms with van der Waals surface area (Å²) in [5, 5.41) is 4.37. The largest absolute Gasteiger partial charge is 0.354 e.